The van der Waals surface area contributed by atoms with E-state index in [9.17, 15) is 9.59 Å². The van der Waals surface area contributed by atoms with Crippen molar-refractivity contribution >= 4 is 43.7 Å². The molecule has 1 heterocycles. The molecule has 3 aromatic carbocycles. The van der Waals surface area contributed by atoms with Gasteiger partial charge in [-0.3, -0.25) is 14.5 Å². The zero-order valence-electron chi connectivity index (χ0n) is 19.3. The molecule has 5 nitrogen and oxygen atoms in total. The monoisotopic (exact) mass is 595 g/mol. The maximum absolute atomic E-state index is 14.0. The number of hydrogen-bond acceptors (Lipinski definition) is 4. The van der Waals surface area contributed by atoms with Crippen LogP contribution in [-0.4, -0.2) is 37.5 Å². The van der Waals surface area contributed by atoms with E-state index in [1.165, 1.54) is 4.90 Å². The molecule has 0 aromatic heterocycles. The summed E-state index contributed by atoms with van der Waals surface area (Å²) in [5.74, 6) is -0.0739. The molecule has 0 saturated carbocycles. The molecule has 0 radical (unpaired) electrons. The van der Waals surface area contributed by atoms with Crippen LogP contribution in [0.4, 0.5) is 0 Å². The Hall–Kier alpha value is -2.64. The quantitative estimate of drug-likeness (QED) is 0.302. The number of likely N-dealkylation sites (tertiary alicyclic amines) is 1. The molecule has 4 aliphatic rings. The number of imide groups is 1. The number of methoxy groups -OCH3 is 2. The zero-order chi connectivity index (χ0) is 24.5. The Balaban J connectivity index is 1.41. The predicted octanol–water partition coefficient (Wildman–Crippen LogP) is 5.15. The molecule has 7 rings (SSSR count). The minimum Gasteiger partial charge on any atom is -0.493 e. The summed E-state index contributed by atoms with van der Waals surface area (Å²) in [5, 5.41) is 0. The lowest BCUT2D eigenvalue weighted by atomic mass is 9.54. The van der Waals surface area contributed by atoms with E-state index in [4.69, 9.17) is 9.47 Å². The van der Waals surface area contributed by atoms with Crippen LogP contribution in [0.25, 0.3) is 0 Å². The van der Waals surface area contributed by atoms with Crippen molar-refractivity contribution in [3.63, 3.8) is 0 Å². The van der Waals surface area contributed by atoms with Gasteiger partial charge in [0.1, 0.15) is 0 Å². The number of rotatable bonds is 5. The van der Waals surface area contributed by atoms with E-state index in [0.717, 1.165) is 27.8 Å². The molecule has 3 aromatic rings. The number of carbonyl (C=O) groups excluding carboxylic acids is 2. The van der Waals surface area contributed by atoms with Crippen molar-refractivity contribution in [3.05, 3.63) is 94.5 Å². The summed E-state index contributed by atoms with van der Waals surface area (Å²) in [6.07, 6.45) is 0.530. The summed E-state index contributed by atoms with van der Waals surface area (Å²) in [6, 6.07) is 21.9. The van der Waals surface area contributed by atoms with Gasteiger partial charge in [-0.15, -0.1) is 0 Å². The van der Waals surface area contributed by atoms with Gasteiger partial charge in [0.2, 0.25) is 11.8 Å². The first kappa shape index (κ1) is 22.8. The van der Waals surface area contributed by atoms with E-state index in [0.29, 0.717) is 24.5 Å². The molecule has 0 unspecified atom stereocenters. The molecule has 35 heavy (non-hydrogen) atoms. The summed E-state index contributed by atoms with van der Waals surface area (Å²) < 4.78 is 9.23. The van der Waals surface area contributed by atoms with E-state index in [1.807, 2.05) is 42.5 Å². The minimum atomic E-state index is -0.759. The molecule has 0 N–H and O–H groups in total. The highest BCUT2D eigenvalue weighted by atomic mass is 79.9. The highest BCUT2D eigenvalue weighted by Crippen LogP contribution is 2.70. The van der Waals surface area contributed by atoms with Crippen LogP contribution in [-0.2, 0) is 24.7 Å². The van der Waals surface area contributed by atoms with Crippen LogP contribution >= 0.6 is 31.9 Å². The Kier molecular flexibility index (Phi) is 5.17. The largest absolute Gasteiger partial charge is 0.493 e. The van der Waals surface area contributed by atoms with Crippen LogP contribution in [0, 0.1) is 11.8 Å². The number of alkyl halides is 2. The molecular weight excluding hydrogens is 574 g/mol. The first-order valence-electron chi connectivity index (χ1n) is 11.5. The van der Waals surface area contributed by atoms with Gasteiger partial charge in [-0.2, -0.15) is 0 Å². The molecule has 7 heteroatoms. The number of hydrogen-bond donors (Lipinski definition) is 0. The predicted molar refractivity (Wildman–Crippen MR) is 139 cm³/mol. The molecular formula is C28H23Br2NO4. The average molecular weight is 597 g/mol. The van der Waals surface area contributed by atoms with Crippen LogP contribution in [0.15, 0.2) is 66.7 Å². The fourth-order valence-electron chi connectivity index (χ4n) is 6.22. The van der Waals surface area contributed by atoms with E-state index in [1.54, 1.807) is 14.2 Å². The fraction of sp³-hybridized carbons (Fsp3) is 0.286. The molecule has 2 amide bonds. The Morgan fingerprint density at radius 2 is 1.20 bits per heavy atom. The summed E-state index contributed by atoms with van der Waals surface area (Å²) in [5.41, 5.74) is 5.13. The molecule has 2 atom stereocenters. The third-order valence-electron chi connectivity index (χ3n) is 7.75. The normalized spacial score (nSPS) is 27.9. The Morgan fingerprint density at radius 3 is 1.63 bits per heavy atom. The van der Waals surface area contributed by atoms with Crippen molar-refractivity contribution in [2.75, 3.05) is 20.8 Å². The third kappa shape index (κ3) is 2.85. The summed E-state index contributed by atoms with van der Waals surface area (Å²) in [6.45, 7) is 0.305. The number of halogens is 2. The van der Waals surface area contributed by atoms with E-state index in [2.05, 4.69) is 56.1 Å². The number of amides is 2. The molecule has 3 aliphatic carbocycles. The zero-order valence-corrected chi connectivity index (χ0v) is 22.4. The Labute approximate surface area is 220 Å². The van der Waals surface area contributed by atoms with Crippen molar-refractivity contribution in [3.8, 4) is 11.5 Å². The van der Waals surface area contributed by atoms with Crippen molar-refractivity contribution in [1.29, 1.82) is 0 Å². The molecule has 0 spiro atoms. The standard InChI is InChI=1S/C28H23Br2NO4/c1-34-21-12-11-16(15-22(21)35-2)13-14-31-25(32)23-24(26(31)33)28(30)18-8-4-3-7-17(18)27(23,29)19-9-5-6-10-20(19)28/h3-12,15,23-24H,13-14H2,1-2H3/t23-,24+,27?,28?. The molecule has 1 fully saturated rings. The smallest absolute Gasteiger partial charge is 0.235 e. The minimum absolute atomic E-state index is 0.134. The Bertz CT molecular complexity index is 1270. The van der Waals surface area contributed by atoms with Gasteiger partial charge in [-0.25, -0.2) is 0 Å². The van der Waals surface area contributed by atoms with Crippen molar-refractivity contribution in [2.45, 2.75) is 15.1 Å². The van der Waals surface area contributed by atoms with Gasteiger partial charge in [0.15, 0.2) is 11.5 Å². The lowest BCUT2D eigenvalue weighted by molar-refractivity contribution is -0.140. The van der Waals surface area contributed by atoms with Gasteiger partial charge in [0.05, 0.1) is 34.7 Å². The number of ether oxygens (including phenoxy) is 2. The lowest BCUT2D eigenvalue weighted by Gasteiger charge is -2.55. The SMILES string of the molecule is COc1ccc(CCN2C(=O)[C@@H]3[C@H](C2=O)C2(Br)c4ccccc4C3(Br)c3ccccc32)cc1OC. The van der Waals surface area contributed by atoms with Gasteiger partial charge in [-0.05, 0) is 46.4 Å². The molecule has 1 aliphatic heterocycles. The van der Waals surface area contributed by atoms with Crippen molar-refractivity contribution < 1.29 is 19.1 Å². The molecule has 1 saturated heterocycles. The highest BCUT2D eigenvalue weighted by molar-refractivity contribution is 9.10. The van der Waals surface area contributed by atoms with Crippen molar-refractivity contribution in [1.82, 2.24) is 4.90 Å². The van der Waals surface area contributed by atoms with Gasteiger partial charge in [0, 0.05) is 6.54 Å². The third-order valence-corrected chi connectivity index (χ3v) is 10.4. The van der Waals surface area contributed by atoms with Gasteiger partial charge in [-0.1, -0.05) is 86.5 Å². The highest BCUT2D eigenvalue weighted by Gasteiger charge is 2.72. The van der Waals surface area contributed by atoms with Crippen molar-refractivity contribution in [2.24, 2.45) is 11.8 Å². The van der Waals surface area contributed by atoms with E-state index < -0.39 is 20.5 Å². The number of carbonyl (C=O) groups is 2. The molecule has 178 valence electrons. The number of benzene rings is 3. The van der Waals surface area contributed by atoms with Gasteiger partial charge >= 0.3 is 0 Å². The molecule has 2 bridgehead atoms. The second kappa shape index (κ2) is 7.93. The van der Waals surface area contributed by atoms with Crippen LogP contribution in [0.2, 0.25) is 0 Å². The second-order valence-electron chi connectivity index (χ2n) is 9.24. The van der Waals surface area contributed by atoms with Crippen LogP contribution < -0.4 is 9.47 Å². The van der Waals surface area contributed by atoms with Gasteiger partial charge in [0.25, 0.3) is 0 Å². The lowest BCUT2D eigenvalue weighted by Crippen LogP contribution is -2.56. The maximum atomic E-state index is 14.0. The van der Waals surface area contributed by atoms with Crippen LogP contribution in [0.1, 0.15) is 27.8 Å². The first-order valence-corrected chi connectivity index (χ1v) is 13.1. The average Bonchev–Trinajstić information content (AvgIpc) is 3.16. The Morgan fingerprint density at radius 1 is 0.743 bits per heavy atom. The van der Waals surface area contributed by atoms with Crippen LogP contribution in [0.3, 0.4) is 0 Å². The first-order chi connectivity index (χ1) is 16.9. The summed E-state index contributed by atoms with van der Waals surface area (Å²) in [7, 11) is 3.19. The topological polar surface area (TPSA) is 55.8 Å². The fourth-order valence-corrected chi connectivity index (χ4v) is 8.53. The van der Waals surface area contributed by atoms with Gasteiger partial charge < -0.3 is 9.47 Å². The van der Waals surface area contributed by atoms with E-state index in [-0.39, 0.29) is 11.8 Å². The van der Waals surface area contributed by atoms with E-state index >= 15 is 0 Å². The second-order valence-corrected chi connectivity index (χ2v) is 11.7. The number of nitrogens with zero attached hydrogens (tertiary/aromatic N) is 1. The van der Waals surface area contributed by atoms with Crippen LogP contribution in [0.5, 0.6) is 11.5 Å². The summed E-state index contributed by atoms with van der Waals surface area (Å²) in [4.78, 5) is 29.4. The summed E-state index contributed by atoms with van der Waals surface area (Å²) >= 11 is 8.07. The maximum Gasteiger partial charge on any atom is 0.235 e.